The van der Waals surface area contributed by atoms with E-state index in [0.717, 1.165) is 18.5 Å². The second-order valence-corrected chi connectivity index (χ2v) is 8.10. The van der Waals surface area contributed by atoms with E-state index in [1.54, 1.807) is 18.2 Å². The third-order valence-corrected chi connectivity index (χ3v) is 5.53. The van der Waals surface area contributed by atoms with Gasteiger partial charge in [-0.15, -0.1) is 0 Å². The molecule has 2 aromatic carbocycles. The molecule has 4 rings (SSSR count). The molecule has 0 radical (unpaired) electrons. The van der Waals surface area contributed by atoms with E-state index in [-0.39, 0.29) is 5.56 Å². The van der Waals surface area contributed by atoms with E-state index in [0.29, 0.717) is 39.7 Å². The maximum Gasteiger partial charge on any atom is 0.259 e. The Labute approximate surface area is 186 Å². The summed E-state index contributed by atoms with van der Waals surface area (Å²) in [5.74, 6) is 1.05. The quantitative estimate of drug-likeness (QED) is 0.427. The number of hydrogen-bond donors (Lipinski definition) is 1. The Hall–Kier alpha value is -3.18. The number of nitrogens with zero attached hydrogens (tertiary/aromatic N) is 2. The molecule has 0 fully saturated rings. The molecule has 158 valence electrons. The minimum atomic E-state index is -0.193. The largest absolute Gasteiger partial charge is 0.488 e. The van der Waals surface area contributed by atoms with E-state index in [1.165, 1.54) is 11.4 Å². The maximum atomic E-state index is 12.5. The predicted octanol–water partition coefficient (Wildman–Crippen LogP) is 5.14. The summed E-state index contributed by atoms with van der Waals surface area (Å²) in [4.78, 5) is 20.0. The first-order valence-electron chi connectivity index (χ1n) is 10.4. The second-order valence-electron chi connectivity index (χ2n) is 7.66. The van der Waals surface area contributed by atoms with Crippen LogP contribution >= 0.6 is 11.6 Å². The Kier molecular flexibility index (Phi) is 6.05. The van der Waals surface area contributed by atoms with E-state index < -0.39 is 0 Å². The molecule has 2 aromatic heterocycles. The highest BCUT2D eigenvalue weighted by atomic mass is 35.5. The molecule has 5 nitrogen and oxygen atoms in total. The van der Waals surface area contributed by atoms with Crippen LogP contribution in [0, 0.1) is 13.8 Å². The lowest BCUT2D eigenvalue weighted by Gasteiger charge is -2.13. The van der Waals surface area contributed by atoms with Crippen molar-refractivity contribution in [3.8, 4) is 17.1 Å². The summed E-state index contributed by atoms with van der Waals surface area (Å²) in [6.07, 6.45) is 1.09. The number of benzene rings is 2. The Morgan fingerprint density at radius 1 is 1.06 bits per heavy atom. The molecule has 0 atom stereocenters. The van der Waals surface area contributed by atoms with Crippen LogP contribution in [0.25, 0.3) is 22.3 Å². The summed E-state index contributed by atoms with van der Waals surface area (Å²) in [5.41, 5.74) is 4.59. The van der Waals surface area contributed by atoms with Gasteiger partial charge in [-0.1, -0.05) is 30.7 Å². The summed E-state index contributed by atoms with van der Waals surface area (Å²) in [6.45, 7) is 7.81. The second kappa shape index (κ2) is 8.90. The number of aromatic nitrogens is 3. The number of pyridine rings is 1. The van der Waals surface area contributed by atoms with Crippen LogP contribution in [0.15, 0.2) is 59.4 Å². The first-order valence-corrected chi connectivity index (χ1v) is 10.8. The van der Waals surface area contributed by atoms with Gasteiger partial charge in [0.2, 0.25) is 0 Å². The maximum absolute atomic E-state index is 12.5. The molecule has 0 aliphatic rings. The Balaban J connectivity index is 1.68. The van der Waals surface area contributed by atoms with E-state index in [1.807, 2.05) is 24.3 Å². The molecular formula is C25H25ClN3O2+. The van der Waals surface area contributed by atoms with E-state index in [2.05, 4.69) is 47.4 Å². The van der Waals surface area contributed by atoms with Crippen molar-refractivity contribution < 1.29 is 9.30 Å². The fourth-order valence-corrected chi connectivity index (χ4v) is 4.03. The Morgan fingerprint density at radius 3 is 2.55 bits per heavy atom. The molecule has 31 heavy (non-hydrogen) atoms. The van der Waals surface area contributed by atoms with Crippen LogP contribution in [0.2, 0.25) is 5.02 Å². The topological polar surface area (TPSA) is 58.9 Å². The van der Waals surface area contributed by atoms with Gasteiger partial charge in [-0.3, -0.25) is 4.79 Å². The van der Waals surface area contributed by atoms with Gasteiger partial charge in [0.15, 0.2) is 11.4 Å². The Morgan fingerprint density at radius 2 is 1.81 bits per heavy atom. The fraction of sp³-hybridized carbons (Fsp3) is 0.240. The minimum Gasteiger partial charge on any atom is -0.488 e. The highest BCUT2D eigenvalue weighted by Gasteiger charge is 2.15. The SMILES string of the molecule is CCC[n+]1c(C)cc(COc2ccc(Cl)cc2-c2nc3ccccc3c(=O)[nH]2)cc1C. The number of aromatic amines is 1. The van der Waals surface area contributed by atoms with Crippen molar-refractivity contribution in [2.75, 3.05) is 0 Å². The van der Waals surface area contributed by atoms with Gasteiger partial charge in [0, 0.05) is 43.0 Å². The zero-order valence-electron chi connectivity index (χ0n) is 17.9. The molecule has 6 heteroatoms. The van der Waals surface area contributed by atoms with Crippen molar-refractivity contribution in [2.24, 2.45) is 0 Å². The minimum absolute atomic E-state index is 0.193. The normalized spacial score (nSPS) is 11.1. The van der Waals surface area contributed by atoms with Gasteiger partial charge in [0.1, 0.15) is 24.7 Å². The highest BCUT2D eigenvalue weighted by Crippen LogP contribution is 2.31. The van der Waals surface area contributed by atoms with Crippen molar-refractivity contribution in [2.45, 2.75) is 40.3 Å². The molecule has 4 aromatic rings. The van der Waals surface area contributed by atoms with E-state index >= 15 is 0 Å². The number of H-pyrrole nitrogens is 1. The number of aryl methyl sites for hydroxylation is 2. The number of para-hydroxylation sites is 1. The van der Waals surface area contributed by atoms with Gasteiger partial charge >= 0.3 is 0 Å². The summed E-state index contributed by atoms with van der Waals surface area (Å²) in [6, 6.07) is 16.9. The van der Waals surface area contributed by atoms with Crippen LogP contribution in [0.3, 0.4) is 0 Å². The highest BCUT2D eigenvalue weighted by molar-refractivity contribution is 6.30. The number of ether oxygens (including phenoxy) is 1. The fourth-order valence-electron chi connectivity index (χ4n) is 3.86. The molecule has 1 N–H and O–H groups in total. The van der Waals surface area contributed by atoms with E-state index in [4.69, 9.17) is 16.3 Å². The third kappa shape index (κ3) is 4.47. The number of nitrogens with one attached hydrogen (secondary N) is 1. The molecule has 0 spiro atoms. The zero-order chi connectivity index (χ0) is 22.0. The monoisotopic (exact) mass is 434 g/mol. The molecule has 0 aliphatic carbocycles. The molecule has 0 bridgehead atoms. The molecule has 0 saturated heterocycles. The predicted molar refractivity (Wildman–Crippen MR) is 124 cm³/mol. The third-order valence-electron chi connectivity index (χ3n) is 5.29. The molecule has 0 unspecified atom stereocenters. The summed E-state index contributed by atoms with van der Waals surface area (Å²) >= 11 is 6.25. The first kappa shape index (κ1) is 21.1. The summed E-state index contributed by atoms with van der Waals surface area (Å²) in [7, 11) is 0. The van der Waals surface area contributed by atoms with Crippen molar-refractivity contribution in [1.29, 1.82) is 0 Å². The molecular weight excluding hydrogens is 410 g/mol. The van der Waals surface area contributed by atoms with Crippen LogP contribution in [-0.4, -0.2) is 9.97 Å². The lowest BCUT2D eigenvalue weighted by molar-refractivity contribution is -0.708. The van der Waals surface area contributed by atoms with Crippen molar-refractivity contribution in [3.63, 3.8) is 0 Å². The molecule has 0 amide bonds. The van der Waals surface area contributed by atoms with Crippen LogP contribution in [0.1, 0.15) is 30.3 Å². The van der Waals surface area contributed by atoms with Gasteiger partial charge in [-0.2, -0.15) is 0 Å². The zero-order valence-corrected chi connectivity index (χ0v) is 18.7. The standard InChI is InChI=1S/C25H24ClN3O2/c1-4-11-29-16(2)12-18(13-17(29)3)15-31-23-10-9-19(26)14-21(23)24-27-22-8-6-5-7-20(22)25(30)28-24/h5-10,12-14H,4,11,15H2,1-3H3/p+1. The van der Waals surface area contributed by atoms with Gasteiger partial charge in [-0.05, 0) is 30.3 Å². The van der Waals surface area contributed by atoms with Gasteiger partial charge < -0.3 is 9.72 Å². The smallest absolute Gasteiger partial charge is 0.259 e. The summed E-state index contributed by atoms with van der Waals surface area (Å²) < 4.78 is 8.47. The van der Waals surface area contributed by atoms with Crippen LogP contribution in [0.5, 0.6) is 5.75 Å². The number of hydrogen-bond acceptors (Lipinski definition) is 3. The average molecular weight is 435 g/mol. The number of rotatable bonds is 6. The van der Waals surface area contributed by atoms with Crippen LogP contribution < -0.4 is 14.9 Å². The average Bonchev–Trinajstić information content (AvgIpc) is 2.75. The Bertz CT molecular complexity index is 1290. The lowest BCUT2D eigenvalue weighted by Crippen LogP contribution is -2.40. The van der Waals surface area contributed by atoms with Crippen LogP contribution in [-0.2, 0) is 13.2 Å². The van der Waals surface area contributed by atoms with Crippen molar-refractivity contribution in [3.05, 3.63) is 86.9 Å². The van der Waals surface area contributed by atoms with Crippen molar-refractivity contribution >= 4 is 22.5 Å². The number of fused-ring (bicyclic) bond motifs is 1. The first-order chi connectivity index (χ1) is 15.0. The molecule has 0 aliphatic heterocycles. The summed E-state index contributed by atoms with van der Waals surface area (Å²) in [5, 5.41) is 1.09. The molecule has 0 saturated carbocycles. The molecule has 2 heterocycles. The van der Waals surface area contributed by atoms with Crippen LogP contribution in [0.4, 0.5) is 0 Å². The van der Waals surface area contributed by atoms with E-state index in [9.17, 15) is 4.79 Å². The van der Waals surface area contributed by atoms with Gasteiger partial charge in [0.25, 0.3) is 5.56 Å². The van der Waals surface area contributed by atoms with Gasteiger partial charge in [-0.25, -0.2) is 9.55 Å². The lowest BCUT2D eigenvalue weighted by atomic mass is 10.1. The number of halogens is 1. The van der Waals surface area contributed by atoms with Gasteiger partial charge in [0.05, 0.1) is 16.5 Å². The van der Waals surface area contributed by atoms with Crippen molar-refractivity contribution in [1.82, 2.24) is 9.97 Å².